The number of aliphatic hydroxyl groups is 1. The molecule has 0 fully saturated rings. The van der Waals surface area contributed by atoms with Crippen molar-refractivity contribution in [2.75, 3.05) is 18.5 Å². The maximum absolute atomic E-state index is 12.0. The molecule has 3 rings (SSSR count). The smallest absolute Gasteiger partial charge is 0.338 e. The van der Waals surface area contributed by atoms with Crippen molar-refractivity contribution in [1.82, 2.24) is 4.98 Å². The van der Waals surface area contributed by atoms with Crippen molar-refractivity contribution in [1.29, 1.82) is 0 Å². The normalized spacial score (nSPS) is 10.6. The fourth-order valence-corrected chi connectivity index (χ4v) is 3.24. The van der Waals surface area contributed by atoms with E-state index in [4.69, 9.17) is 14.6 Å². The van der Waals surface area contributed by atoms with Gasteiger partial charge in [0.05, 0.1) is 29.0 Å². The standard InChI is InChI=1S/C19H18N2O5S/c1-2-25-14-7-8-15-16(9-14)27-19(20-15)21-17(23)11-26-18(24)13-5-3-12(10-22)4-6-13/h3-9,22H,2,10-11H2,1H3,(H,20,21,23). The summed E-state index contributed by atoms with van der Waals surface area (Å²) in [4.78, 5) is 28.3. The maximum atomic E-state index is 12.0. The molecule has 0 bridgehead atoms. The van der Waals surface area contributed by atoms with Crippen LogP contribution in [0.5, 0.6) is 5.75 Å². The highest BCUT2D eigenvalue weighted by atomic mass is 32.1. The molecule has 0 aliphatic rings. The SMILES string of the molecule is CCOc1ccc2nc(NC(=O)COC(=O)c3ccc(CO)cc3)sc2c1. The number of hydrogen-bond acceptors (Lipinski definition) is 7. The van der Waals surface area contributed by atoms with Crippen LogP contribution in [0.1, 0.15) is 22.8 Å². The van der Waals surface area contributed by atoms with E-state index in [0.29, 0.717) is 22.9 Å². The first-order chi connectivity index (χ1) is 13.1. The Labute approximate surface area is 159 Å². The molecule has 140 valence electrons. The number of rotatable bonds is 7. The van der Waals surface area contributed by atoms with Gasteiger partial charge in [0.25, 0.3) is 5.91 Å². The van der Waals surface area contributed by atoms with Crippen molar-refractivity contribution in [3.63, 3.8) is 0 Å². The van der Waals surface area contributed by atoms with E-state index in [9.17, 15) is 9.59 Å². The summed E-state index contributed by atoms with van der Waals surface area (Å²) < 4.78 is 11.3. The van der Waals surface area contributed by atoms with E-state index in [-0.39, 0.29) is 6.61 Å². The summed E-state index contributed by atoms with van der Waals surface area (Å²) in [5.74, 6) is -0.340. The van der Waals surface area contributed by atoms with E-state index in [1.54, 1.807) is 12.1 Å². The van der Waals surface area contributed by atoms with Crippen LogP contribution in [-0.2, 0) is 16.1 Å². The van der Waals surface area contributed by atoms with E-state index in [2.05, 4.69) is 10.3 Å². The highest BCUT2D eigenvalue weighted by molar-refractivity contribution is 7.22. The van der Waals surface area contributed by atoms with Crippen LogP contribution in [0.3, 0.4) is 0 Å². The van der Waals surface area contributed by atoms with Gasteiger partial charge in [0.1, 0.15) is 5.75 Å². The van der Waals surface area contributed by atoms with Gasteiger partial charge in [0.2, 0.25) is 0 Å². The molecule has 1 amide bonds. The van der Waals surface area contributed by atoms with E-state index < -0.39 is 18.5 Å². The number of carbonyl (C=O) groups excluding carboxylic acids is 2. The van der Waals surface area contributed by atoms with Crippen molar-refractivity contribution in [2.24, 2.45) is 0 Å². The van der Waals surface area contributed by atoms with Gasteiger partial charge >= 0.3 is 5.97 Å². The number of thiazole rings is 1. The van der Waals surface area contributed by atoms with Crippen molar-refractivity contribution in [3.8, 4) is 5.75 Å². The maximum Gasteiger partial charge on any atom is 0.338 e. The molecule has 2 aromatic carbocycles. The molecule has 7 nitrogen and oxygen atoms in total. The number of fused-ring (bicyclic) bond motifs is 1. The third-order valence-corrected chi connectivity index (χ3v) is 4.56. The number of hydrogen-bond donors (Lipinski definition) is 2. The summed E-state index contributed by atoms with van der Waals surface area (Å²) in [6.45, 7) is 1.96. The molecule has 0 aliphatic heterocycles. The Bertz CT molecular complexity index is 952. The highest BCUT2D eigenvalue weighted by Crippen LogP contribution is 2.29. The summed E-state index contributed by atoms with van der Waals surface area (Å²) >= 11 is 1.31. The number of esters is 1. The van der Waals surface area contributed by atoms with Gasteiger partial charge in [-0.1, -0.05) is 23.5 Å². The molecule has 8 heteroatoms. The Morgan fingerprint density at radius 3 is 2.67 bits per heavy atom. The summed E-state index contributed by atoms with van der Waals surface area (Å²) in [5, 5.41) is 12.0. The molecule has 3 aromatic rings. The van der Waals surface area contributed by atoms with Crippen LogP contribution >= 0.6 is 11.3 Å². The predicted molar refractivity (Wildman–Crippen MR) is 102 cm³/mol. The van der Waals surface area contributed by atoms with Crippen LogP contribution in [0.25, 0.3) is 10.2 Å². The molecule has 0 unspecified atom stereocenters. The number of aromatic nitrogens is 1. The number of carbonyl (C=O) groups is 2. The van der Waals surface area contributed by atoms with Crippen molar-refractivity contribution in [2.45, 2.75) is 13.5 Å². The van der Waals surface area contributed by atoms with Crippen molar-refractivity contribution in [3.05, 3.63) is 53.6 Å². The van der Waals surface area contributed by atoms with E-state index in [0.717, 1.165) is 16.0 Å². The van der Waals surface area contributed by atoms with E-state index >= 15 is 0 Å². The van der Waals surface area contributed by atoms with Gasteiger partial charge in [-0.15, -0.1) is 0 Å². The zero-order chi connectivity index (χ0) is 19.2. The summed E-state index contributed by atoms with van der Waals surface area (Å²) in [5.41, 5.74) is 1.75. The zero-order valence-electron chi connectivity index (χ0n) is 14.6. The molecule has 0 atom stereocenters. The van der Waals surface area contributed by atoms with Gasteiger partial charge < -0.3 is 14.6 Å². The Morgan fingerprint density at radius 1 is 1.19 bits per heavy atom. The van der Waals surface area contributed by atoms with Crippen molar-refractivity contribution < 1.29 is 24.2 Å². The molecule has 0 saturated carbocycles. The first-order valence-corrected chi connectivity index (χ1v) is 9.11. The minimum absolute atomic E-state index is 0.105. The topological polar surface area (TPSA) is 97.8 Å². The summed E-state index contributed by atoms with van der Waals surface area (Å²) in [7, 11) is 0. The lowest BCUT2D eigenvalue weighted by molar-refractivity contribution is -0.119. The second-order valence-electron chi connectivity index (χ2n) is 5.56. The largest absolute Gasteiger partial charge is 0.494 e. The third-order valence-electron chi connectivity index (χ3n) is 3.62. The second kappa shape index (κ2) is 8.61. The average molecular weight is 386 g/mol. The van der Waals surface area contributed by atoms with Crippen LogP contribution in [0.15, 0.2) is 42.5 Å². The van der Waals surface area contributed by atoms with E-state index in [1.165, 1.54) is 23.5 Å². The van der Waals surface area contributed by atoms with Crippen LogP contribution in [0.2, 0.25) is 0 Å². The molecule has 0 radical (unpaired) electrons. The molecule has 0 spiro atoms. The Kier molecular flexibility index (Phi) is 6.00. The third kappa shape index (κ3) is 4.81. The Hall–Kier alpha value is -2.97. The minimum Gasteiger partial charge on any atom is -0.494 e. The molecule has 2 N–H and O–H groups in total. The Morgan fingerprint density at radius 2 is 1.96 bits per heavy atom. The first kappa shape index (κ1) is 18.8. The number of benzene rings is 2. The van der Waals surface area contributed by atoms with Gasteiger partial charge in [-0.25, -0.2) is 9.78 Å². The molecule has 0 aliphatic carbocycles. The number of amides is 1. The molecule has 27 heavy (non-hydrogen) atoms. The van der Waals surface area contributed by atoms with Crippen LogP contribution in [0, 0.1) is 0 Å². The van der Waals surface area contributed by atoms with Gasteiger partial charge in [-0.3, -0.25) is 10.1 Å². The van der Waals surface area contributed by atoms with Gasteiger partial charge in [-0.05, 0) is 42.8 Å². The molecule has 1 aromatic heterocycles. The number of nitrogens with zero attached hydrogens (tertiary/aromatic N) is 1. The minimum atomic E-state index is -0.611. The molecular weight excluding hydrogens is 368 g/mol. The Balaban J connectivity index is 1.56. The average Bonchev–Trinajstić information content (AvgIpc) is 3.08. The molecular formula is C19H18N2O5S. The lowest BCUT2D eigenvalue weighted by Gasteiger charge is -2.05. The summed E-state index contributed by atoms with van der Waals surface area (Å²) in [6.07, 6.45) is 0. The van der Waals surface area contributed by atoms with E-state index in [1.807, 2.05) is 25.1 Å². The fraction of sp³-hybridized carbons (Fsp3) is 0.211. The predicted octanol–water partition coefficient (Wildman–Crippen LogP) is 2.98. The van der Waals surface area contributed by atoms with Crippen LogP contribution in [0.4, 0.5) is 5.13 Å². The number of aliphatic hydroxyl groups excluding tert-OH is 1. The number of ether oxygens (including phenoxy) is 2. The number of nitrogens with one attached hydrogen (secondary N) is 1. The van der Waals surface area contributed by atoms with Crippen LogP contribution in [-0.4, -0.2) is 35.2 Å². The van der Waals surface area contributed by atoms with Gasteiger partial charge in [0, 0.05) is 0 Å². The lowest BCUT2D eigenvalue weighted by Crippen LogP contribution is -2.20. The van der Waals surface area contributed by atoms with Gasteiger partial charge in [0.15, 0.2) is 11.7 Å². The first-order valence-electron chi connectivity index (χ1n) is 8.29. The quantitative estimate of drug-likeness (QED) is 0.606. The second-order valence-corrected chi connectivity index (χ2v) is 6.59. The fourth-order valence-electron chi connectivity index (χ4n) is 2.33. The van der Waals surface area contributed by atoms with Gasteiger partial charge in [-0.2, -0.15) is 0 Å². The molecule has 0 saturated heterocycles. The zero-order valence-corrected chi connectivity index (χ0v) is 15.4. The monoisotopic (exact) mass is 386 g/mol. The lowest BCUT2D eigenvalue weighted by atomic mass is 10.1. The summed E-state index contributed by atoms with van der Waals surface area (Å²) in [6, 6.07) is 11.8. The highest BCUT2D eigenvalue weighted by Gasteiger charge is 2.12. The van der Waals surface area contributed by atoms with Crippen LogP contribution < -0.4 is 10.1 Å². The number of anilines is 1. The van der Waals surface area contributed by atoms with Crippen molar-refractivity contribution >= 4 is 38.6 Å². The molecule has 1 heterocycles.